The largest absolute Gasteiger partial charge is 0.478 e. The van der Waals surface area contributed by atoms with Crippen LogP contribution in [0, 0.1) is 0 Å². The third-order valence-electron chi connectivity index (χ3n) is 3.26. The summed E-state index contributed by atoms with van der Waals surface area (Å²) >= 11 is 0. The number of carbonyl (C=O) groups is 1. The number of hydrogen-bond donors (Lipinski definition) is 2. The van der Waals surface area contributed by atoms with E-state index in [0.717, 1.165) is 17.4 Å². The molecule has 0 aliphatic carbocycles. The highest BCUT2D eigenvalue weighted by Crippen LogP contribution is 2.27. The second-order valence-electron chi connectivity index (χ2n) is 4.53. The molecule has 0 aliphatic heterocycles. The van der Waals surface area contributed by atoms with Crippen LogP contribution in [0.3, 0.4) is 0 Å². The molecule has 21 heavy (non-hydrogen) atoms. The zero-order chi connectivity index (χ0) is 14.8. The summed E-state index contributed by atoms with van der Waals surface area (Å²) in [5.74, 6) is -0.373. The number of nitrogens with zero attached hydrogens (tertiary/aromatic N) is 3. The van der Waals surface area contributed by atoms with Gasteiger partial charge in [-0.3, -0.25) is 9.67 Å². The van der Waals surface area contributed by atoms with Crippen LogP contribution in [0.5, 0.6) is 0 Å². The zero-order valence-electron chi connectivity index (χ0n) is 11.4. The van der Waals surface area contributed by atoms with Crippen LogP contribution in [0.4, 0.5) is 11.5 Å². The second kappa shape index (κ2) is 5.24. The number of aryl methyl sites for hydroxylation is 1. The predicted molar refractivity (Wildman–Crippen MR) is 79.9 cm³/mol. The zero-order valence-corrected chi connectivity index (χ0v) is 11.4. The summed E-state index contributed by atoms with van der Waals surface area (Å²) in [6.07, 6.45) is 2.95. The first-order valence-corrected chi connectivity index (χ1v) is 6.60. The van der Waals surface area contributed by atoms with E-state index in [1.54, 1.807) is 0 Å². The first-order chi connectivity index (χ1) is 10.2. The van der Waals surface area contributed by atoms with Crippen LogP contribution in [0.15, 0.2) is 42.7 Å². The van der Waals surface area contributed by atoms with Crippen molar-refractivity contribution < 1.29 is 9.90 Å². The van der Waals surface area contributed by atoms with Gasteiger partial charge in [0.05, 0.1) is 23.0 Å². The quantitative estimate of drug-likeness (QED) is 0.769. The summed E-state index contributed by atoms with van der Waals surface area (Å²) in [6.45, 7) is 2.75. The molecule has 0 amide bonds. The van der Waals surface area contributed by atoms with Gasteiger partial charge in [-0.05, 0) is 25.1 Å². The number of rotatable bonds is 4. The molecule has 6 nitrogen and oxygen atoms in total. The van der Waals surface area contributed by atoms with Crippen molar-refractivity contribution >= 4 is 28.4 Å². The molecule has 3 aromatic rings. The second-order valence-corrected chi connectivity index (χ2v) is 4.53. The molecule has 0 atom stereocenters. The molecule has 1 aromatic carbocycles. The lowest BCUT2D eigenvalue weighted by Crippen LogP contribution is -2.04. The summed E-state index contributed by atoms with van der Waals surface area (Å²) in [5.41, 5.74) is 1.60. The smallest absolute Gasteiger partial charge is 0.337 e. The van der Waals surface area contributed by atoms with Crippen molar-refractivity contribution in [1.29, 1.82) is 0 Å². The molecule has 2 N–H and O–H groups in total. The van der Waals surface area contributed by atoms with Gasteiger partial charge in [0.15, 0.2) is 5.82 Å². The summed E-state index contributed by atoms with van der Waals surface area (Å²) in [7, 11) is 0. The number of para-hydroxylation sites is 1. The molecule has 0 fully saturated rings. The van der Waals surface area contributed by atoms with Crippen molar-refractivity contribution in [3.63, 3.8) is 0 Å². The van der Waals surface area contributed by atoms with Crippen LogP contribution in [0.1, 0.15) is 17.3 Å². The van der Waals surface area contributed by atoms with Crippen LogP contribution in [0.2, 0.25) is 0 Å². The van der Waals surface area contributed by atoms with Crippen LogP contribution < -0.4 is 5.32 Å². The van der Waals surface area contributed by atoms with E-state index in [1.807, 2.05) is 35.9 Å². The van der Waals surface area contributed by atoms with E-state index in [2.05, 4.69) is 15.4 Å². The van der Waals surface area contributed by atoms with Crippen molar-refractivity contribution in [3.05, 3.63) is 48.3 Å². The number of anilines is 2. The summed E-state index contributed by atoms with van der Waals surface area (Å²) in [4.78, 5) is 15.2. The highest BCUT2D eigenvalue weighted by atomic mass is 16.4. The van der Waals surface area contributed by atoms with Gasteiger partial charge in [-0.15, -0.1) is 0 Å². The Morgan fingerprint density at radius 2 is 2.14 bits per heavy atom. The average Bonchev–Trinajstić information content (AvgIpc) is 2.86. The van der Waals surface area contributed by atoms with Crippen LogP contribution >= 0.6 is 0 Å². The number of carboxylic acid groups (broad SMARTS) is 1. The van der Waals surface area contributed by atoms with E-state index in [-0.39, 0.29) is 5.56 Å². The fourth-order valence-electron chi connectivity index (χ4n) is 2.27. The Kier molecular flexibility index (Phi) is 3.27. The van der Waals surface area contributed by atoms with Gasteiger partial charge in [-0.25, -0.2) is 4.79 Å². The predicted octanol–water partition coefficient (Wildman–Crippen LogP) is 2.89. The van der Waals surface area contributed by atoms with Crippen molar-refractivity contribution in [1.82, 2.24) is 14.8 Å². The molecular formula is C15H14N4O2. The Bertz CT molecular complexity index is 810. The van der Waals surface area contributed by atoms with E-state index in [4.69, 9.17) is 0 Å². The minimum Gasteiger partial charge on any atom is -0.478 e. The van der Waals surface area contributed by atoms with Gasteiger partial charge in [0.1, 0.15) is 0 Å². The topological polar surface area (TPSA) is 80.0 Å². The Morgan fingerprint density at radius 3 is 2.90 bits per heavy atom. The first kappa shape index (κ1) is 13.1. The first-order valence-electron chi connectivity index (χ1n) is 6.60. The standard InChI is InChI=1S/C15H14N4O2/c1-2-19-13-6-4-3-5-11(13)14(18-19)17-12-9-16-8-7-10(12)15(20)21/h3-9H,2H2,1H3,(H,17,18)(H,20,21). The monoisotopic (exact) mass is 282 g/mol. The molecule has 2 aromatic heterocycles. The van der Waals surface area contributed by atoms with Crippen molar-refractivity contribution in [3.8, 4) is 0 Å². The number of nitrogens with one attached hydrogen (secondary N) is 1. The number of carboxylic acids is 1. The van der Waals surface area contributed by atoms with Gasteiger partial charge in [0, 0.05) is 18.1 Å². The van der Waals surface area contributed by atoms with Crippen molar-refractivity contribution in [2.75, 3.05) is 5.32 Å². The van der Waals surface area contributed by atoms with E-state index in [9.17, 15) is 9.90 Å². The van der Waals surface area contributed by atoms with Gasteiger partial charge < -0.3 is 10.4 Å². The normalized spacial score (nSPS) is 10.7. The average molecular weight is 282 g/mol. The molecule has 0 saturated heterocycles. The number of pyridine rings is 1. The number of benzene rings is 1. The van der Waals surface area contributed by atoms with Crippen LogP contribution in [-0.4, -0.2) is 25.8 Å². The number of aromatic carboxylic acids is 1. The summed E-state index contributed by atoms with van der Waals surface area (Å²) in [6, 6.07) is 9.28. The molecule has 0 radical (unpaired) electrons. The van der Waals surface area contributed by atoms with Crippen molar-refractivity contribution in [2.45, 2.75) is 13.5 Å². The molecule has 3 rings (SSSR count). The van der Waals surface area contributed by atoms with Gasteiger partial charge in [-0.2, -0.15) is 5.10 Å². The maximum Gasteiger partial charge on any atom is 0.337 e. The van der Waals surface area contributed by atoms with E-state index < -0.39 is 5.97 Å². The fraction of sp³-hybridized carbons (Fsp3) is 0.133. The third-order valence-corrected chi connectivity index (χ3v) is 3.26. The van der Waals surface area contributed by atoms with Crippen LogP contribution in [-0.2, 0) is 6.54 Å². The van der Waals surface area contributed by atoms with Crippen molar-refractivity contribution in [2.24, 2.45) is 0 Å². The molecule has 6 heteroatoms. The van der Waals surface area contributed by atoms with Gasteiger partial charge in [0.2, 0.25) is 0 Å². The fourth-order valence-corrected chi connectivity index (χ4v) is 2.27. The highest BCUT2D eigenvalue weighted by Gasteiger charge is 2.14. The SMILES string of the molecule is CCn1nc(Nc2cnccc2C(=O)O)c2ccccc21. The Balaban J connectivity index is 2.09. The maximum atomic E-state index is 11.2. The van der Waals surface area contributed by atoms with Gasteiger partial charge in [-0.1, -0.05) is 12.1 Å². The van der Waals surface area contributed by atoms with E-state index in [0.29, 0.717) is 11.5 Å². The third kappa shape index (κ3) is 2.31. The maximum absolute atomic E-state index is 11.2. The number of aromatic nitrogens is 3. The lowest BCUT2D eigenvalue weighted by Gasteiger charge is -2.06. The highest BCUT2D eigenvalue weighted by molar-refractivity contribution is 5.97. The van der Waals surface area contributed by atoms with E-state index in [1.165, 1.54) is 18.5 Å². The summed E-state index contributed by atoms with van der Waals surface area (Å²) < 4.78 is 1.87. The Hall–Kier alpha value is -2.89. The number of hydrogen-bond acceptors (Lipinski definition) is 4. The lowest BCUT2D eigenvalue weighted by molar-refractivity contribution is 0.0698. The Morgan fingerprint density at radius 1 is 1.33 bits per heavy atom. The minimum atomic E-state index is -1.00. The molecule has 0 spiro atoms. The lowest BCUT2D eigenvalue weighted by atomic mass is 10.2. The molecule has 0 unspecified atom stereocenters. The van der Waals surface area contributed by atoms with E-state index >= 15 is 0 Å². The van der Waals surface area contributed by atoms with Crippen LogP contribution in [0.25, 0.3) is 10.9 Å². The molecule has 106 valence electrons. The molecule has 0 saturated carbocycles. The van der Waals surface area contributed by atoms with Gasteiger partial charge in [0.25, 0.3) is 0 Å². The molecule has 0 bridgehead atoms. The Labute approximate surface area is 121 Å². The number of fused-ring (bicyclic) bond motifs is 1. The summed E-state index contributed by atoms with van der Waals surface area (Å²) in [5, 5.41) is 17.7. The molecular weight excluding hydrogens is 268 g/mol. The van der Waals surface area contributed by atoms with Gasteiger partial charge >= 0.3 is 5.97 Å². The molecule has 2 heterocycles. The minimum absolute atomic E-state index is 0.167. The molecule has 0 aliphatic rings.